The number of nitrogens with zero attached hydrogens (tertiary/aromatic N) is 4. The van der Waals surface area contributed by atoms with Gasteiger partial charge in [0, 0.05) is 31.3 Å². The minimum absolute atomic E-state index is 0.0603. The van der Waals surface area contributed by atoms with Crippen LogP contribution in [-0.2, 0) is 4.79 Å². The van der Waals surface area contributed by atoms with Gasteiger partial charge in [0.1, 0.15) is 23.6 Å². The highest BCUT2D eigenvalue weighted by molar-refractivity contribution is 7.99. The molecule has 0 fully saturated rings. The molecule has 0 aliphatic carbocycles. The number of benzene rings is 1. The van der Waals surface area contributed by atoms with E-state index in [0.717, 1.165) is 42.0 Å². The van der Waals surface area contributed by atoms with Gasteiger partial charge < -0.3 is 19.9 Å². The fourth-order valence-electron chi connectivity index (χ4n) is 3.26. The molecule has 8 nitrogen and oxygen atoms in total. The van der Waals surface area contributed by atoms with Crippen molar-refractivity contribution in [2.24, 2.45) is 0 Å². The van der Waals surface area contributed by atoms with Crippen LogP contribution in [0.3, 0.4) is 0 Å². The summed E-state index contributed by atoms with van der Waals surface area (Å²) < 4.78 is 6.10. The quantitative estimate of drug-likeness (QED) is 0.246. The van der Waals surface area contributed by atoms with Crippen LogP contribution in [0, 0.1) is 6.92 Å². The van der Waals surface area contributed by atoms with Gasteiger partial charge in [-0.15, -0.1) is 0 Å². The SMILES string of the molecule is CCN(CC)CCOc1cc(-c2nc(SCCNC(C)=O)nc3nc[nH]c23)c(Cl)cc1C. The average molecular weight is 477 g/mol. The Balaban J connectivity index is 1.88. The number of thioether (sulfide) groups is 1. The topological polar surface area (TPSA) is 96.0 Å². The van der Waals surface area contributed by atoms with E-state index in [1.165, 1.54) is 18.7 Å². The second-order valence-corrected chi connectivity index (χ2v) is 8.73. The van der Waals surface area contributed by atoms with Crippen LogP contribution < -0.4 is 10.1 Å². The van der Waals surface area contributed by atoms with Gasteiger partial charge in [0.2, 0.25) is 5.91 Å². The molecule has 0 spiro atoms. The zero-order valence-electron chi connectivity index (χ0n) is 18.9. The van der Waals surface area contributed by atoms with Crippen molar-refractivity contribution in [3.8, 4) is 17.0 Å². The van der Waals surface area contributed by atoms with E-state index in [0.29, 0.717) is 40.4 Å². The third kappa shape index (κ3) is 6.11. The first kappa shape index (κ1) is 24.3. The smallest absolute Gasteiger partial charge is 0.216 e. The van der Waals surface area contributed by atoms with E-state index in [1.54, 1.807) is 6.33 Å². The molecule has 0 radical (unpaired) electrons. The van der Waals surface area contributed by atoms with Crippen LogP contribution in [0.1, 0.15) is 26.3 Å². The molecular formula is C22H29ClN6O2S. The molecule has 3 aromatic rings. The van der Waals surface area contributed by atoms with Crippen LogP contribution in [0.2, 0.25) is 5.02 Å². The predicted molar refractivity (Wildman–Crippen MR) is 130 cm³/mol. The fraction of sp³-hybridized carbons (Fsp3) is 0.455. The first-order chi connectivity index (χ1) is 15.4. The Kier molecular flexibility index (Phi) is 8.72. The van der Waals surface area contributed by atoms with Crippen LogP contribution >= 0.6 is 23.4 Å². The number of H-pyrrole nitrogens is 1. The molecule has 32 heavy (non-hydrogen) atoms. The van der Waals surface area contributed by atoms with Crippen molar-refractivity contribution in [1.82, 2.24) is 30.2 Å². The number of amides is 1. The number of aromatic amines is 1. The van der Waals surface area contributed by atoms with Crippen molar-refractivity contribution >= 4 is 40.4 Å². The third-order valence-corrected chi connectivity index (χ3v) is 6.21. The number of aromatic nitrogens is 4. The second-order valence-electron chi connectivity index (χ2n) is 7.26. The van der Waals surface area contributed by atoms with Gasteiger partial charge >= 0.3 is 0 Å². The Bertz CT molecular complexity index is 1070. The number of fused-ring (bicyclic) bond motifs is 1. The summed E-state index contributed by atoms with van der Waals surface area (Å²) in [5.74, 6) is 1.37. The molecular weight excluding hydrogens is 448 g/mol. The predicted octanol–water partition coefficient (Wildman–Crippen LogP) is 3.93. The molecule has 0 aliphatic heterocycles. The first-order valence-corrected chi connectivity index (χ1v) is 12.0. The molecule has 0 saturated carbocycles. The van der Waals surface area contributed by atoms with Crippen LogP contribution in [-0.4, -0.2) is 69.3 Å². The summed E-state index contributed by atoms with van der Waals surface area (Å²) in [5.41, 5.74) is 3.69. The molecule has 2 N–H and O–H groups in total. The average Bonchev–Trinajstić information content (AvgIpc) is 3.24. The summed E-state index contributed by atoms with van der Waals surface area (Å²) in [7, 11) is 0. The Morgan fingerprint density at radius 2 is 2.06 bits per heavy atom. The maximum absolute atomic E-state index is 11.1. The largest absolute Gasteiger partial charge is 0.492 e. The number of carbonyl (C=O) groups is 1. The van der Waals surface area contributed by atoms with Crippen LogP contribution in [0.25, 0.3) is 22.4 Å². The minimum atomic E-state index is -0.0603. The number of hydrogen-bond donors (Lipinski definition) is 2. The van der Waals surface area contributed by atoms with Gasteiger partial charge in [-0.1, -0.05) is 37.2 Å². The number of carbonyl (C=O) groups excluding carboxylic acids is 1. The summed E-state index contributed by atoms with van der Waals surface area (Å²) in [6, 6.07) is 3.84. The summed E-state index contributed by atoms with van der Waals surface area (Å²) in [6.45, 7) is 11.7. The second kappa shape index (κ2) is 11.5. The summed E-state index contributed by atoms with van der Waals surface area (Å²) >= 11 is 8.09. The molecule has 0 atom stereocenters. The molecule has 0 bridgehead atoms. The molecule has 2 aromatic heterocycles. The van der Waals surface area contributed by atoms with E-state index >= 15 is 0 Å². The molecule has 0 unspecified atom stereocenters. The molecule has 1 amide bonds. The minimum Gasteiger partial charge on any atom is -0.492 e. The van der Waals surface area contributed by atoms with Crippen LogP contribution in [0.4, 0.5) is 0 Å². The number of rotatable bonds is 11. The van der Waals surface area contributed by atoms with Crippen molar-refractivity contribution in [2.45, 2.75) is 32.9 Å². The summed E-state index contributed by atoms with van der Waals surface area (Å²) in [6.07, 6.45) is 1.60. The Morgan fingerprint density at radius 3 is 2.78 bits per heavy atom. The number of imidazole rings is 1. The van der Waals surface area contributed by atoms with Crippen molar-refractivity contribution < 1.29 is 9.53 Å². The van der Waals surface area contributed by atoms with Crippen molar-refractivity contribution in [2.75, 3.05) is 38.5 Å². The van der Waals surface area contributed by atoms with Gasteiger partial charge in [0.15, 0.2) is 10.8 Å². The summed E-state index contributed by atoms with van der Waals surface area (Å²) in [5, 5.41) is 3.93. The van der Waals surface area contributed by atoms with Gasteiger partial charge in [-0.25, -0.2) is 15.0 Å². The van der Waals surface area contributed by atoms with E-state index in [-0.39, 0.29) is 5.91 Å². The van der Waals surface area contributed by atoms with Crippen molar-refractivity contribution in [1.29, 1.82) is 0 Å². The number of halogens is 1. The summed E-state index contributed by atoms with van der Waals surface area (Å²) in [4.78, 5) is 30.1. The highest BCUT2D eigenvalue weighted by Gasteiger charge is 2.17. The fourth-order valence-corrected chi connectivity index (χ4v) is 4.26. The standard InChI is InChI=1S/C22H29ClN6O2S/c1-5-29(6-2)8-9-31-18-12-16(17(23)11-14(18)3)19-20-21(26-13-25-20)28-22(27-19)32-10-7-24-15(4)30/h11-13H,5-10H2,1-4H3,(H,24,30)(H,25,26,27,28). The molecule has 0 aliphatic rings. The van der Waals surface area contributed by atoms with E-state index in [2.05, 4.69) is 39.0 Å². The Morgan fingerprint density at radius 1 is 1.28 bits per heavy atom. The molecule has 0 saturated heterocycles. The normalized spacial score (nSPS) is 11.3. The lowest BCUT2D eigenvalue weighted by atomic mass is 10.1. The number of likely N-dealkylation sites (N-methyl/N-ethyl adjacent to an activating group) is 1. The number of aryl methyl sites for hydroxylation is 1. The maximum atomic E-state index is 11.1. The van der Waals surface area contributed by atoms with Crippen molar-refractivity contribution in [3.63, 3.8) is 0 Å². The van der Waals surface area contributed by atoms with E-state index in [9.17, 15) is 4.79 Å². The van der Waals surface area contributed by atoms with Gasteiger partial charge in [0.05, 0.1) is 11.3 Å². The van der Waals surface area contributed by atoms with Crippen LogP contribution in [0.5, 0.6) is 5.75 Å². The Hall–Kier alpha value is -2.36. The molecule has 172 valence electrons. The molecule has 3 rings (SSSR count). The van der Waals surface area contributed by atoms with E-state index in [1.807, 2.05) is 19.1 Å². The van der Waals surface area contributed by atoms with Gasteiger partial charge in [0.25, 0.3) is 0 Å². The lowest BCUT2D eigenvalue weighted by molar-refractivity contribution is -0.118. The molecule has 2 heterocycles. The number of nitrogens with one attached hydrogen (secondary N) is 2. The zero-order valence-corrected chi connectivity index (χ0v) is 20.4. The van der Waals surface area contributed by atoms with Crippen molar-refractivity contribution in [3.05, 3.63) is 29.0 Å². The van der Waals surface area contributed by atoms with Crippen LogP contribution in [0.15, 0.2) is 23.6 Å². The van der Waals surface area contributed by atoms with E-state index in [4.69, 9.17) is 21.3 Å². The Labute approximate surface area is 197 Å². The third-order valence-electron chi connectivity index (χ3n) is 5.05. The van der Waals surface area contributed by atoms with Gasteiger partial charge in [-0.2, -0.15) is 0 Å². The number of ether oxygens (including phenoxy) is 1. The van der Waals surface area contributed by atoms with Gasteiger partial charge in [-0.3, -0.25) is 4.79 Å². The molecule has 1 aromatic carbocycles. The monoisotopic (exact) mass is 476 g/mol. The maximum Gasteiger partial charge on any atom is 0.216 e. The highest BCUT2D eigenvalue weighted by Crippen LogP contribution is 2.36. The van der Waals surface area contributed by atoms with E-state index < -0.39 is 0 Å². The molecule has 10 heteroatoms. The lowest BCUT2D eigenvalue weighted by Crippen LogP contribution is -2.28. The highest BCUT2D eigenvalue weighted by atomic mass is 35.5. The van der Waals surface area contributed by atoms with Gasteiger partial charge in [-0.05, 0) is 37.7 Å². The lowest BCUT2D eigenvalue weighted by Gasteiger charge is -2.19. The number of hydrogen-bond acceptors (Lipinski definition) is 7. The first-order valence-electron chi connectivity index (χ1n) is 10.7. The zero-order chi connectivity index (χ0) is 23.1.